The summed E-state index contributed by atoms with van der Waals surface area (Å²) in [6.07, 6.45) is 5.13. The molecule has 0 saturated heterocycles. The summed E-state index contributed by atoms with van der Waals surface area (Å²) in [7, 11) is 0. The van der Waals surface area contributed by atoms with Crippen molar-refractivity contribution >= 4 is 34.5 Å². The van der Waals surface area contributed by atoms with Crippen LogP contribution in [0, 0.1) is 0 Å². The van der Waals surface area contributed by atoms with Crippen LogP contribution in [0.3, 0.4) is 0 Å². The number of hydrogen-bond donors (Lipinski definition) is 0. The molecule has 0 aliphatic rings. The first kappa shape index (κ1) is 13.4. The minimum Gasteiger partial charge on any atom is -0.294 e. The molecule has 0 aliphatic heterocycles. The van der Waals surface area contributed by atoms with Gasteiger partial charge in [0.2, 0.25) is 0 Å². The third kappa shape index (κ3) is 4.47. The summed E-state index contributed by atoms with van der Waals surface area (Å²) in [5.74, 6) is 0.262. The zero-order valence-electron chi connectivity index (χ0n) is 9.58. The molecule has 0 atom stereocenters. The standard InChI is InChI=1S/C14H17IO/c1-2-3-9-13(14(16)11-15)10-12-7-5-4-6-8-12/h4-8,10H,2-3,9,11H2,1H3/b13-10+. The number of ketones is 1. The lowest BCUT2D eigenvalue weighted by molar-refractivity contribution is -0.113. The first-order valence-corrected chi connectivity index (χ1v) is 7.15. The molecule has 16 heavy (non-hydrogen) atoms. The topological polar surface area (TPSA) is 17.1 Å². The number of rotatable bonds is 6. The fourth-order valence-electron chi connectivity index (χ4n) is 1.50. The highest BCUT2D eigenvalue weighted by Crippen LogP contribution is 2.15. The van der Waals surface area contributed by atoms with E-state index in [-0.39, 0.29) is 5.78 Å². The van der Waals surface area contributed by atoms with Gasteiger partial charge in [-0.3, -0.25) is 4.79 Å². The zero-order chi connectivity index (χ0) is 11.8. The molecule has 86 valence electrons. The molecule has 1 aromatic carbocycles. The SMILES string of the molecule is CCCC/C(=C\c1ccccc1)C(=O)CI. The normalized spacial score (nSPS) is 11.5. The molecule has 0 amide bonds. The lowest BCUT2D eigenvalue weighted by Crippen LogP contribution is -2.03. The number of benzene rings is 1. The molecule has 0 spiro atoms. The molecule has 0 unspecified atom stereocenters. The molecule has 0 bridgehead atoms. The van der Waals surface area contributed by atoms with E-state index in [1.807, 2.05) is 36.4 Å². The fourth-order valence-corrected chi connectivity index (χ4v) is 1.99. The first-order chi connectivity index (χ1) is 7.77. The van der Waals surface area contributed by atoms with Crippen LogP contribution < -0.4 is 0 Å². The first-order valence-electron chi connectivity index (χ1n) is 5.62. The van der Waals surface area contributed by atoms with Crippen LogP contribution in [0.1, 0.15) is 31.7 Å². The van der Waals surface area contributed by atoms with Crippen LogP contribution in [0.25, 0.3) is 6.08 Å². The number of unbranched alkanes of at least 4 members (excludes halogenated alkanes) is 1. The van der Waals surface area contributed by atoms with Crippen molar-refractivity contribution in [3.63, 3.8) is 0 Å². The number of carbonyl (C=O) groups is 1. The van der Waals surface area contributed by atoms with Gasteiger partial charge in [0, 0.05) is 0 Å². The van der Waals surface area contributed by atoms with Gasteiger partial charge in [-0.2, -0.15) is 0 Å². The molecule has 1 aromatic rings. The maximum Gasteiger partial charge on any atom is 0.168 e. The smallest absolute Gasteiger partial charge is 0.168 e. The molecule has 2 heteroatoms. The fraction of sp³-hybridized carbons (Fsp3) is 0.357. The number of carbonyl (C=O) groups excluding carboxylic acids is 1. The van der Waals surface area contributed by atoms with Crippen LogP contribution in [0.4, 0.5) is 0 Å². The Hall–Kier alpha value is -0.640. The Bertz CT molecular complexity index is 354. The van der Waals surface area contributed by atoms with Crippen molar-refractivity contribution in [2.45, 2.75) is 26.2 Å². The van der Waals surface area contributed by atoms with E-state index in [9.17, 15) is 4.79 Å². The molecule has 1 nitrogen and oxygen atoms in total. The summed E-state index contributed by atoms with van der Waals surface area (Å²) in [6.45, 7) is 2.15. The molecule has 0 N–H and O–H groups in total. The van der Waals surface area contributed by atoms with Crippen LogP contribution in [0.5, 0.6) is 0 Å². The van der Waals surface area contributed by atoms with E-state index in [0.29, 0.717) is 4.43 Å². The zero-order valence-corrected chi connectivity index (χ0v) is 11.7. The summed E-state index contributed by atoms with van der Waals surface area (Å²) in [5, 5.41) is 0. The summed E-state index contributed by atoms with van der Waals surface area (Å²) in [4.78, 5) is 11.7. The van der Waals surface area contributed by atoms with Gasteiger partial charge in [-0.25, -0.2) is 0 Å². The van der Waals surface area contributed by atoms with Crippen LogP contribution in [0.15, 0.2) is 35.9 Å². The highest BCUT2D eigenvalue weighted by Gasteiger charge is 2.07. The van der Waals surface area contributed by atoms with E-state index in [4.69, 9.17) is 0 Å². The second kappa shape index (κ2) is 7.60. The maximum absolute atomic E-state index is 11.7. The number of Topliss-reactive ketones (excluding diaryl/α,β-unsaturated/α-hetero) is 1. The molecular weight excluding hydrogens is 311 g/mol. The molecule has 0 aliphatic carbocycles. The van der Waals surface area contributed by atoms with Crippen molar-refractivity contribution < 1.29 is 4.79 Å². The van der Waals surface area contributed by atoms with E-state index < -0.39 is 0 Å². The van der Waals surface area contributed by atoms with Crippen molar-refractivity contribution in [3.8, 4) is 0 Å². The Morgan fingerprint density at radius 2 is 2.00 bits per heavy atom. The summed E-state index contributed by atoms with van der Waals surface area (Å²) >= 11 is 2.13. The summed E-state index contributed by atoms with van der Waals surface area (Å²) in [6, 6.07) is 10.1. The average Bonchev–Trinajstić information content (AvgIpc) is 2.34. The predicted molar refractivity (Wildman–Crippen MR) is 77.8 cm³/mol. The molecule has 1 rings (SSSR count). The average molecular weight is 328 g/mol. The van der Waals surface area contributed by atoms with Crippen LogP contribution in [0.2, 0.25) is 0 Å². The van der Waals surface area contributed by atoms with Crippen LogP contribution in [-0.4, -0.2) is 10.2 Å². The monoisotopic (exact) mass is 328 g/mol. The van der Waals surface area contributed by atoms with Gasteiger partial charge in [-0.15, -0.1) is 0 Å². The van der Waals surface area contributed by atoms with Gasteiger partial charge in [-0.05, 0) is 30.1 Å². The lowest BCUT2D eigenvalue weighted by Gasteiger charge is -2.04. The van der Waals surface area contributed by atoms with Gasteiger partial charge >= 0.3 is 0 Å². The Balaban J connectivity index is 2.83. The number of alkyl halides is 1. The molecule has 0 radical (unpaired) electrons. The van der Waals surface area contributed by atoms with E-state index in [1.165, 1.54) is 0 Å². The van der Waals surface area contributed by atoms with Crippen molar-refractivity contribution in [2.24, 2.45) is 0 Å². The Kier molecular flexibility index (Phi) is 6.38. The Morgan fingerprint density at radius 1 is 1.31 bits per heavy atom. The van der Waals surface area contributed by atoms with E-state index in [0.717, 1.165) is 30.4 Å². The van der Waals surface area contributed by atoms with Gasteiger partial charge < -0.3 is 0 Å². The van der Waals surface area contributed by atoms with E-state index in [1.54, 1.807) is 0 Å². The minimum atomic E-state index is 0.262. The lowest BCUT2D eigenvalue weighted by atomic mass is 10.0. The van der Waals surface area contributed by atoms with E-state index >= 15 is 0 Å². The third-order valence-electron chi connectivity index (χ3n) is 2.42. The second-order valence-electron chi connectivity index (χ2n) is 3.74. The van der Waals surface area contributed by atoms with Crippen molar-refractivity contribution in [1.29, 1.82) is 0 Å². The molecule has 0 heterocycles. The molecule has 0 fully saturated rings. The van der Waals surface area contributed by atoms with Gasteiger partial charge in [0.05, 0.1) is 4.43 Å². The second-order valence-corrected chi connectivity index (χ2v) is 4.50. The quantitative estimate of drug-likeness (QED) is 0.433. The summed E-state index contributed by atoms with van der Waals surface area (Å²) < 4.78 is 0.570. The summed E-state index contributed by atoms with van der Waals surface area (Å²) in [5.41, 5.74) is 2.08. The van der Waals surface area contributed by atoms with E-state index in [2.05, 4.69) is 29.5 Å². The van der Waals surface area contributed by atoms with Gasteiger partial charge in [0.1, 0.15) is 0 Å². The number of allylic oxidation sites excluding steroid dienone is 1. The Morgan fingerprint density at radius 3 is 2.56 bits per heavy atom. The highest BCUT2D eigenvalue weighted by molar-refractivity contribution is 14.1. The van der Waals surface area contributed by atoms with Gasteiger partial charge in [0.15, 0.2) is 5.78 Å². The Labute approximate surface area is 111 Å². The highest BCUT2D eigenvalue weighted by atomic mass is 127. The van der Waals surface area contributed by atoms with Crippen LogP contribution in [-0.2, 0) is 4.79 Å². The third-order valence-corrected chi connectivity index (χ3v) is 3.11. The number of halogens is 1. The van der Waals surface area contributed by atoms with Crippen LogP contribution >= 0.6 is 22.6 Å². The largest absolute Gasteiger partial charge is 0.294 e. The maximum atomic E-state index is 11.7. The van der Waals surface area contributed by atoms with Crippen molar-refractivity contribution in [3.05, 3.63) is 41.5 Å². The number of hydrogen-bond acceptors (Lipinski definition) is 1. The molecule has 0 saturated carbocycles. The van der Waals surface area contributed by atoms with Gasteiger partial charge in [0.25, 0.3) is 0 Å². The predicted octanol–water partition coefficient (Wildman–Crippen LogP) is 4.26. The van der Waals surface area contributed by atoms with Crippen molar-refractivity contribution in [2.75, 3.05) is 4.43 Å². The molecule has 0 aromatic heterocycles. The molecular formula is C14H17IO. The minimum absolute atomic E-state index is 0.262. The van der Waals surface area contributed by atoms with Gasteiger partial charge in [-0.1, -0.05) is 66.3 Å². The van der Waals surface area contributed by atoms with Crippen molar-refractivity contribution in [1.82, 2.24) is 0 Å².